The third kappa shape index (κ3) is 1.36. The Hall–Kier alpha value is -0.390. The summed E-state index contributed by atoms with van der Waals surface area (Å²) in [5.74, 6) is -1.23. The molecule has 2 N–H and O–H groups in total. The van der Waals surface area contributed by atoms with Crippen LogP contribution in [0.3, 0.4) is 0 Å². The van der Waals surface area contributed by atoms with Crippen molar-refractivity contribution in [3.8, 4) is 0 Å². The normalized spacial score (nSPS) is 9.90. The number of rotatable bonds is 0. The smallest absolute Gasteiger partial charge is 0.141 e. The monoisotopic (exact) mass is 255 g/mol. The molecule has 0 radical (unpaired) electrons. The summed E-state index contributed by atoms with van der Waals surface area (Å²) in [6.45, 7) is 0. The fourth-order valence-electron chi connectivity index (χ4n) is 0.575. The molecule has 0 saturated carbocycles. The molecule has 0 amide bonds. The topological polar surface area (TPSA) is 26.0 Å². The SMILES string of the molecule is Nc1cc(F)c(I)c(F)c1. The highest BCUT2D eigenvalue weighted by Crippen LogP contribution is 2.17. The number of hydrogen-bond donors (Lipinski definition) is 1. The molecule has 0 atom stereocenters. The minimum absolute atomic E-state index is 0.0215. The van der Waals surface area contributed by atoms with E-state index in [-0.39, 0.29) is 9.26 Å². The third-order valence-corrected chi connectivity index (χ3v) is 2.04. The van der Waals surface area contributed by atoms with E-state index in [4.69, 9.17) is 5.73 Å². The van der Waals surface area contributed by atoms with Gasteiger partial charge < -0.3 is 5.73 Å². The molecule has 10 heavy (non-hydrogen) atoms. The van der Waals surface area contributed by atoms with Crippen LogP contribution in [0.15, 0.2) is 12.1 Å². The maximum absolute atomic E-state index is 12.5. The fraction of sp³-hybridized carbons (Fsp3) is 0. The second-order valence-corrected chi connectivity index (χ2v) is 2.88. The van der Waals surface area contributed by atoms with Crippen LogP contribution in [-0.4, -0.2) is 0 Å². The van der Waals surface area contributed by atoms with Gasteiger partial charge in [0, 0.05) is 5.69 Å². The zero-order chi connectivity index (χ0) is 7.72. The number of benzene rings is 1. The number of hydrogen-bond acceptors (Lipinski definition) is 1. The van der Waals surface area contributed by atoms with Crippen LogP contribution in [0.25, 0.3) is 0 Å². The first-order valence-electron chi connectivity index (χ1n) is 2.51. The number of nitrogens with two attached hydrogens (primary N) is 1. The highest BCUT2D eigenvalue weighted by molar-refractivity contribution is 14.1. The Bertz CT molecular complexity index is 239. The molecule has 0 bridgehead atoms. The maximum Gasteiger partial charge on any atom is 0.141 e. The van der Waals surface area contributed by atoms with Gasteiger partial charge in [-0.1, -0.05) is 0 Å². The second-order valence-electron chi connectivity index (χ2n) is 1.80. The summed E-state index contributed by atoms with van der Waals surface area (Å²) in [7, 11) is 0. The van der Waals surface area contributed by atoms with Crippen LogP contribution in [0.2, 0.25) is 0 Å². The fourth-order valence-corrected chi connectivity index (χ4v) is 0.887. The summed E-state index contributed by atoms with van der Waals surface area (Å²) in [5, 5.41) is 0. The molecule has 1 nitrogen and oxygen atoms in total. The lowest BCUT2D eigenvalue weighted by molar-refractivity contribution is 0.571. The van der Waals surface area contributed by atoms with Gasteiger partial charge in [0.1, 0.15) is 11.6 Å². The quantitative estimate of drug-likeness (QED) is 0.429. The van der Waals surface area contributed by atoms with Gasteiger partial charge in [0.25, 0.3) is 0 Å². The van der Waals surface area contributed by atoms with Crippen LogP contribution in [0.4, 0.5) is 14.5 Å². The minimum atomic E-state index is -0.613. The minimum Gasteiger partial charge on any atom is -0.399 e. The van der Waals surface area contributed by atoms with Crippen molar-refractivity contribution in [3.63, 3.8) is 0 Å². The highest BCUT2D eigenvalue weighted by atomic mass is 127. The van der Waals surface area contributed by atoms with E-state index in [9.17, 15) is 8.78 Å². The molecular formula is C6H4F2IN. The van der Waals surface area contributed by atoms with E-state index in [1.165, 1.54) is 0 Å². The van der Waals surface area contributed by atoms with Gasteiger partial charge in [-0.3, -0.25) is 0 Å². The second kappa shape index (κ2) is 2.69. The van der Waals surface area contributed by atoms with Crippen molar-refractivity contribution in [3.05, 3.63) is 27.3 Å². The van der Waals surface area contributed by atoms with Crippen LogP contribution in [0.1, 0.15) is 0 Å². The molecule has 0 fully saturated rings. The number of nitrogen functional groups attached to an aromatic ring is 1. The maximum atomic E-state index is 12.5. The Morgan fingerprint density at radius 3 is 2.00 bits per heavy atom. The zero-order valence-electron chi connectivity index (χ0n) is 4.87. The lowest BCUT2D eigenvalue weighted by Gasteiger charge is -1.97. The Balaban J connectivity index is 3.31. The van der Waals surface area contributed by atoms with Crippen LogP contribution >= 0.6 is 22.6 Å². The van der Waals surface area contributed by atoms with E-state index in [1.54, 1.807) is 22.6 Å². The lowest BCUT2D eigenvalue weighted by atomic mass is 10.3. The van der Waals surface area contributed by atoms with Crippen molar-refractivity contribution in [2.45, 2.75) is 0 Å². The molecule has 0 aliphatic carbocycles. The molecule has 0 aliphatic rings. The summed E-state index contributed by atoms with van der Waals surface area (Å²) >= 11 is 1.58. The van der Waals surface area contributed by atoms with Crippen molar-refractivity contribution in [2.75, 3.05) is 5.73 Å². The molecule has 0 unspecified atom stereocenters. The van der Waals surface area contributed by atoms with E-state index in [0.29, 0.717) is 0 Å². The summed E-state index contributed by atoms with van der Waals surface area (Å²) < 4.78 is 25.0. The molecule has 0 aliphatic heterocycles. The van der Waals surface area contributed by atoms with Crippen molar-refractivity contribution >= 4 is 28.3 Å². The lowest BCUT2D eigenvalue weighted by Crippen LogP contribution is -1.92. The molecule has 0 heterocycles. The van der Waals surface area contributed by atoms with Crippen LogP contribution < -0.4 is 5.73 Å². The standard InChI is InChI=1S/C6H4F2IN/c7-4-1-3(10)2-5(8)6(4)9/h1-2H,10H2. The summed E-state index contributed by atoms with van der Waals surface area (Å²) in [6.07, 6.45) is 0. The van der Waals surface area contributed by atoms with E-state index >= 15 is 0 Å². The molecule has 1 rings (SSSR count). The van der Waals surface area contributed by atoms with E-state index in [1.807, 2.05) is 0 Å². The van der Waals surface area contributed by atoms with Gasteiger partial charge in [-0.15, -0.1) is 0 Å². The average molecular weight is 255 g/mol. The first-order chi connectivity index (χ1) is 4.61. The molecular weight excluding hydrogens is 251 g/mol. The number of anilines is 1. The summed E-state index contributed by atoms with van der Waals surface area (Å²) in [5.41, 5.74) is 5.25. The van der Waals surface area contributed by atoms with Crippen molar-refractivity contribution in [2.24, 2.45) is 0 Å². The van der Waals surface area contributed by atoms with Gasteiger partial charge in [0.2, 0.25) is 0 Å². The summed E-state index contributed by atoms with van der Waals surface area (Å²) in [4.78, 5) is 0. The van der Waals surface area contributed by atoms with E-state index in [0.717, 1.165) is 12.1 Å². The van der Waals surface area contributed by atoms with Crippen LogP contribution in [-0.2, 0) is 0 Å². The molecule has 0 spiro atoms. The Morgan fingerprint density at radius 1 is 1.20 bits per heavy atom. The molecule has 1 aromatic rings. The number of halogens is 3. The average Bonchev–Trinajstić information content (AvgIpc) is 1.82. The first-order valence-corrected chi connectivity index (χ1v) is 3.59. The molecule has 1 aromatic carbocycles. The predicted octanol–water partition coefficient (Wildman–Crippen LogP) is 2.15. The predicted molar refractivity (Wildman–Crippen MR) is 43.5 cm³/mol. The Morgan fingerprint density at radius 2 is 1.60 bits per heavy atom. The molecule has 54 valence electrons. The van der Waals surface area contributed by atoms with Crippen molar-refractivity contribution < 1.29 is 8.78 Å². The highest BCUT2D eigenvalue weighted by Gasteiger charge is 2.05. The van der Waals surface area contributed by atoms with Crippen LogP contribution in [0.5, 0.6) is 0 Å². The van der Waals surface area contributed by atoms with Crippen molar-refractivity contribution in [1.82, 2.24) is 0 Å². The molecule has 0 saturated heterocycles. The largest absolute Gasteiger partial charge is 0.399 e. The third-order valence-electron chi connectivity index (χ3n) is 1.01. The van der Waals surface area contributed by atoms with E-state index < -0.39 is 11.6 Å². The Kier molecular flexibility index (Phi) is 2.08. The van der Waals surface area contributed by atoms with Gasteiger partial charge in [0.05, 0.1) is 3.57 Å². The van der Waals surface area contributed by atoms with Crippen LogP contribution in [0, 0.1) is 15.2 Å². The molecule has 4 heteroatoms. The Labute approximate surface area is 70.4 Å². The first kappa shape index (κ1) is 7.71. The van der Waals surface area contributed by atoms with Gasteiger partial charge >= 0.3 is 0 Å². The van der Waals surface area contributed by atoms with Gasteiger partial charge in [-0.25, -0.2) is 8.78 Å². The van der Waals surface area contributed by atoms with Gasteiger partial charge in [0.15, 0.2) is 0 Å². The van der Waals surface area contributed by atoms with Gasteiger partial charge in [-0.05, 0) is 34.7 Å². The van der Waals surface area contributed by atoms with Gasteiger partial charge in [-0.2, -0.15) is 0 Å². The van der Waals surface area contributed by atoms with E-state index in [2.05, 4.69) is 0 Å². The zero-order valence-corrected chi connectivity index (χ0v) is 7.02. The molecule has 0 aromatic heterocycles. The summed E-state index contributed by atoms with van der Waals surface area (Å²) in [6, 6.07) is 2.18. The van der Waals surface area contributed by atoms with Crippen molar-refractivity contribution in [1.29, 1.82) is 0 Å².